The van der Waals surface area contributed by atoms with Crippen molar-refractivity contribution in [3.05, 3.63) is 56.7 Å². The zero-order chi connectivity index (χ0) is 14.0. The smallest absolute Gasteiger partial charge is 0.137 e. The molecule has 0 aromatic heterocycles. The van der Waals surface area contributed by atoms with E-state index in [-0.39, 0.29) is 5.82 Å². The maximum atomic E-state index is 13.1. The second kappa shape index (κ2) is 5.98. The average Bonchev–Trinajstić information content (AvgIpc) is 2.36. The second-order valence-corrected chi connectivity index (χ2v) is 5.96. The van der Waals surface area contributed by atoms with E-state index in [0.717, 1.165) is 21.4 Å². The second-order valence-electron chi connectivity index (χ2n) is 3.81. The van der Waals surface area contributed by atoms with Crippen LogP contribution >= 0.6 is 44.1 Å². The molecule has 0 amide bonds. The molecule has 0 aliphatic rings. The fraction of sp³-hybridized carbons (Fsp3) is 0. The van der Waals surface area contributed by atoms with E-state index in [9.17, 15) is 4.39 Å². The highest BCUT2D eigenvalue weighted by Crippen LogP contribution is 2.28. The van der Waals surface area contributed by atoms with Crippen molar-refractivity contribution >= 4 is 60.4 Å². The molecule has 0 aliphatic heterocycles. The summed E-state index contributed by atoms with van der Waals surface area (Å²) in [6.07, 6.45) is 0. The number of halogens is 3. The van der Waals surface area contributed by atoms with E-state index < -0.39 is 0 Å². The Morgan fingerprint density at radius 2 is 1.84 bits per heavy atom. The molecule has 0 radical (unpaired) electrons. The summed E-state index contributed by atoms with van der Waals surface area (Å²) >= 11 is 11.5. The van der Waals surface area contributed by atoms with Gasteiger partial charge in [-0.2, -0.15) is 0 Å². The highest BCUT2D eigenvalue weighted by Gasteiger charge is 2.05. The summed E-state index contributed by atoms with van der Waals surface area (Å²) in [5.41, 5.74) is 7.97. The fourth-order valence-corrected chi connectivity index (χ4v) is 2.48. The molecule has 2 aromatic rings. The first kappa shape index (κ1) is 14.4. The van der Waals surface area contributed by atoms with E-state index >= 15 is 0 Å². The van der Waals surface area contributed by atoms with Gasteiger partial charge in [-0.15, -0.1) is 0 Å². The lowest BCUT2D eigenvalue weighted by Gasteiger charge is -2.10. The Kier molecular flexibility index (Phi) is 4.54. The average molecular weight is 404 g/mol. The van der Waals surface area contributed by atoms with Crippen molar-refractivity contribution in [3.8, 4) is 0 Å². The molecule has 0 atom stereocenters. The number of rotatable bonds is 3. The topological polar surface area (TPSA) is 38.0 Å². The Labute approximate surface area is 132 Å². The van der Waals surface area contributed by atoms with Gasteiger partial charge in [0.25, 0.3) is 0 Å². The molecular weight excluding hydrogens is 395 g/mol. The standard InChI is InChI=1S/C13H9Br2FN2S/c14-9-6-8(2-3-11(9)16)18-12-4-1-7(13(17)19)5-10(12)15/h1-6,18H,(H2,17,19). The predicted molar refractivity (Wildman–Crippen MR) is 87.4 cm³/mol. The summed E-state index contributed by atoms with van der Waals surface area (Å²) in [6, 6.07) is 10.2. The zero-order valence-electron chi connectivity index (χ0n) is 9.58. The van der Waals surface area contributed by atoms with Crippen LogP contribution in [0.4, 0.5) is 15.8 Å². The van der Waals surface area contributed by atoms with Crippen molar-refractivity contribution < 1.29 is 4.39 Å². The lowest BCUT2D eigenvalue weighted by molar-refractivity contribution is 0.621. The van der Waals surface area contributed by atoms with Gasteiger partial charge in [-0.3, -0.25) is 0 Å². The minimum atomic E-state index is -0.298. The van der Waals surface area contributed by atoms with Crippen molar-refractivity contribution in [1.82, 2.24) is 0 Å². The van der Waals surface area contributed by atoms with Crippen LogP contribution in [0.2, 0.25) is 0 Å². The lowest BCUT2D eigenvalue weighted by atomic mass is 10.2. The molecule has 98 valence electrons. The first-order valence-electron chi connectivity index (χ1n) is 5.29. The number of nitrogens with one attached hydrogen (secondary N) is 1. The summed E-state index contributed by atoms with van der Waals surface area (Å²) in [5.74, 6) is -0.298. The van der Waals surface area contributed by atoms with Crippen LogP contribution in [-0.2, 0) is 0 Å². The van der Waals surface area contributed by atoms with Crippen LogP contribution in [0, 0.1) is 5.82 Å². The number of nitrogens with two attached hydrogens (primary N) is 1. The van der Waals surface area contributed by atoms with Gasteiger partial charge in [0.05, 0.1) is 10.2 Å². The molecule has 2 rings (SSSR count). The SMILES string of the molecule is NC(=S)c1ccc(Nc2ccc(F)c(Br)c2)c(Br)c1. The van der Waals surface area contributed by atoms with Crippen molar-refractivity contribution in [3.63, 3.8) is 0 Å². The summed E-state index contributed by atoms with van der Waals surface area (Å²) in [4.78, 5) is 0.344. The van der Waals surface area contributed by atoms with Crippen molar-refractivity contribution in [2.24, 2.45) is 5.73 Å². The summed E-state index contributed by atoms with van der Waals surface area (Å²) < 4.78 is 14.4. The van der Waals surface area contributed by atoms with E-state index in [1.165, 1.54) is 6.07 Å². The van der Waals surface area contributed by atoms with Crippen LogP contribution in [0.25, 0.3) is 0 Å². The van der Waals surface area contributed by atoms with Crippen LogP contribution in [0.1, 0.15) is 5.56 Å². The van der Waals surface area contributed by atoms with Gasteiger partial charge in [0.15, 0.2) is 0 Å². The Hall–Kier alpha value is -0.980. The molecule has 2 nitrogen and oxygen atoms in total. The molecule has 0 heterocycles. The molecule has 19 heavy (non-hydrogen) atoms. The maximum absolute atomic E-state index is 13.1. The number of hydrogen-bond donors (Lipinski definition) is 2. The number of benzene rings is 2. The van der Waals surface area contributed by atoms with Gasteiger partial charge in [0, 0.05) is 15.7 Å². The molecule has 0 fully saturated rings. The largest absolute Gasteiger partial charge is 0.389 e. The van der Waals surface area contributed by atoms with Crippen LogP contribution in [0.5, 0.6) is 0 Å². The Morgan fingerprint density at radius 1 is 1.11 bits per heavy atom. The Balaban J connectivity index is 2.28. The first-order chi connectivity index (χ1) is 8.97. The first-order valence-corrected chi connectivity index (χ1v) is 7.28. The van der Waals surface area contributed by atoms with Crippen molar-refractivity contribution in [2.45, 2.75) is 0 Å². The number of anilines is 2. The van der Waals surface area contributed by atoms with E-state index in [0.29, 0.717) is 9.46 Å². The highest BCUT2D eigenvalue weighted by molar-refractivity contribution is 9.10. The van der Waals surface area contributed by atoms with Gasteiger partial charge < -0.3 is 11.1 Å². The van der Waals surface area contributed by atoms with E-state index in [2.05, 4.69) is 37.2 Å². The van der Waals surface area contributed by atoms with Crippen molar-refractivity contribution in [2.75, 3.05) is 5.32 Å². The van der Waals surface area contributed by atoms with Crippen LogP contribution in [0.15, 0.2) is 45.3 Å². The third kappa shape index (κ3) is 3.52. The molecule has 0 aliphatic carbocycles. The molecular formula is C13H9Br2FN2S. The van der Waals surface area contributed by atoms with Crippen LogP contribution < -0.4 is 11.1 Å². The van der Waals surface area contributed by atoms with E-state index in [1.54, 1.807) is 12.1 Å². The van der Waals surface area contributed by atoms with Gasteiger partial charge in [-0.25, -0.2) is 4.39 Å². The minimum absolute atomic E-state index is 0.298. The van der Waals surface area contributed by atoms with Gasteiger partial charge in [-0.05, 0) is 68.3 Å². The Morgan fingerprint density at radius 3 is 2.42 bits per heavy atom. The lowest BCUT2D eigenvalue weighted by Crippen LogP contribution is -2.09. The molecule has 0 bridgehead atoms. The molecule has 0 spiro atoms. The summed E-state index contributed by atoms with van der Waals surface area (Å²) in [5, 5.41) is 3.18. The zero-order valence-corrected chi connectivity index (χ0v) is 13.6. The quantitative estimate of drug-likeness (QED) is 0.727. The molecule has 0 saturated carbocycles. The third-order valence-electron chi connectivity index (χ3n) is 2.45. The number of hydrogen-bond acceptors (Lipinski definition) is 2. The molecule has 0 saturated heterocycles. The highest BCUT2D eigenvalue weighted by atomic mass is 79.9. The van der Waals surface area contributed by atoms with Gasteiger partial charge in [-0.1, -0.05) is 12.2 Å². The van der Waals surface area contributed by atoms with Crippen LogP contribution in [-0.4, -0.2) is 4.99 Å². The van der Waals surface area contributed by atoms with E-state index in [4.69, 9.17) is 18.0 Å². The van der Waals surface area contributed by atoms with Crippen molar-refractivity contribution in [1.29, 1.82) is 0 Å². The monoisotopic (exact) mass is 402 g/mol. The predicted octanol–water partition coefficient (Wildman–Crippen LogP) is 4.73. The molecule has 0 unspecified atom stereocenters. The summed E-state index contributed by atoms with van der Waals surface area (Å²) in [7, 11) is 0. The third-order valence-corrected chi connectivity index (χ3v) is 3.95. The Bertz CT molecular complexity index is 647. The minimum Gasteiger partial charge on any atom is -0.389 e. The van der Waals surface area contributed by atoms with E-state index in [1.807, 2.05) is 18.2 Å². The summed E-state index contributed by atoms with van der Waals surface area (Å²) in [6.45, 7) is 0. The maximum Gasteiger partial charge on any atom is 0.137 e. The van der Waals surface area contributed by atoms with Gasteiger partial charge in [0.1, 0.15) is 10.8 Å². The normalized spacial score (nSPS) is 10.3. The fourth-order valence-electron chi connectivity index (χ4n) is 1.50. The molecule has 2 aromatic carbocycles. The van der Waals surface area contributed by atoms with Gasteiger partial charge in [0.2, 0.25) is 0 Å². The molecule has 3 N–H and O–H groups in total. The number of thiocarbonyl (C=S) groups is 1. The molecule has 6 heteroatoms. The van der Waals surface area contributed by atoms with Gasteiger partial charge >= 0.3 is 0 Å². The van der Waals surface area contributed by atoms with Crippen LogP contribution in [0.3, 0.4) is 0 Å².